The topological polar surface area (TPSA) is 57.5 Å². The molecule has 0 fully saturated rings. The summed E-state index contributed by atoms with van der Waals surface area (Å²) in [5.74, 6) is -3.82. The average molecular weight is 280 g/mol. The number of aliphatic hydroxyl groups is 1. The van der Waals surface area contributed by atoms with Crippen molar-refractivity contribution in [2.45, 2.75) is 25.6 Å². The molecule has 0 aliphatic heterocycles. The summed E-state index contributed by atoms with van der Waals surface area (Å²) < 4.78 is 50.6. The Morgan fingerprint density at radius 1 is 1.32 bits per heavy atom. The zero-order chi connectivity index (χ0) is 14.8. The molecule has 19 heavy (non-hydrogen) atoms. The lowest BCUT2D eigenvalue weighted by molar-refractivity contribution is -0.146. The highest BCUT2D eigenvalue weighted by molar-refractivity contribution is 5.71. The van der Waals surface area contributed by atoms with Gasteiger partial charge in [-0.25, -0.2) is 4.39 Å². The maximum atomic E-state index is 13.1. The SMILES string of the molecule is CCC(C(=O)O)C(O)c1cc(F)cc(C(F)(F)F)c1. The minimum absolute atomic E-state index is 0.00830. The van der Waals surface area contributed by atoms with E-state index in [1.807, 2.05) is 0 Å². The Morgan fingerprint density at radius 3 is 2.32 bits per heavy atom. The van der Waals surface area contributed by atoms with Gasteiger partial charge >= 0.3 is 12.1 Å². The number of rotatable bonds is 4. The van der Waals surface area contributed by atoms with E-state index in [2.05, 4.69) is 0 Å². The fourth-order valence-electron chi connectivity index (χ4n) is 1.71. The lowest BCUT2D eigenvalue weighted by Crippen LogP contribution is -2.21. The predicted molar refractivity (Wildman–Crippen MR) is 57.8 cm³/mol. The number of benzene rings is 1. The van der Waals surface area contributed by atoms with Crippen LogP contribution in [0.25, 0.3) is 0 Å². The van der Waals surface area contributed by atoms with E-state index < -0.39 is 41.1 Å². The minimum atomic E-state index is -4.76. The van der Waals surface area contributed by atoms with Crippen molar-refractivity contribution < 1.29 is 32.6 Å². The van der Waals surface area contributed by atoms with Crippen molar-refractivity contribution in [3.63, 3.8) is 0 Å². The van der Waals surface area contributed by atoms with Crippen LogP contribution in [0.2, 0.25) is 0 Å². The molecule has 106 valence electrons. The van der Waals surface area contributed by atoms with Crippen molar-refractivity contribution in [2.24, 2.45) is 5.92 Å². The summed E-state index contributed by atoms with van der Waals surface area (Å²) in [6, 6.07) is 1.54. The van der Waals surface area contributed by atoms with Crippen molar-refractivity contribution >= 4 is 5.97 Å². The Bertz CT molecular complexity index is 471. The van der Waals surface area contributed by atoms with Gasteiger partial charge in [0.15, 0.2) is 0 Å². The second-order valence-corrected chi connectivity index (χ2v) is 4.07. The lowest BCUT2D eigenvalue weighted by atomic mass is 9.92. The molecule has 0 heterocycles. The molecule has 2 N–H and O–H groups in total. The molecule has 0 aromatic heterocycles. The number of carbonyl (C=O) groups is 1. The van der Waals surface area contributed by atoms with Crippen LogP contribution in [0.1, 0.15) is 30.6 Å². The molecular weight excluding hydrogens is 268 g/mol. The molecule has 1 aromatic carbocycles. The number of carboxylic acid groups (broad SMARTS) is 1. The summed E-state index contributed by atoms with van der Waals surface area (Å²) >= 11 is 0. The summed E-state index contributed by atoms with van der Waals surface area (Å²) in [5.41, 5.74) is -1.66. The average Bonchev–Trinajstić information content (AvgIpc) is 2.27. The summed E-state index contributed by atoms with van der Waals surface area (Å²) in [6.07, 6.45) is -6.45. The van der Waals surface area contributed by atoms with Gasteiger partial charge in [-0.3, -0.25) is 4.79 Å². The third kappa shape index (κ3) is 3.66. The fraction of sp³-hybridized carbons (Fsp3) is 0.417. The monoisotopic (exact) mass is 280 g/mol. The highest BCUT2D eigenvalue weighted by Crippen LogP contribution is 2.33. The standard InChI is InChI=1S/C12H12F4O3/c1-2-9(11(18)19)10(17)6-3-7(12(14,15)16)5-8(13)4-6/h3-5,9-10,17H,2H2,1H3,(H,18,19). The molecular formula is C12H12F4O3. The maximum absolute atomic E-state index is 13.1. The lowest BCUT2D eigenvalue weighted by Gasteiger charge is -2.19. The Balaban J connectivity index is 3.20. The Kier molecular flexibility index (Phi) is 4.52. The van der Waals surface area contributed by atoms with Crippen LogP contribution < -0.4 is 0 Å². The number of halogens is 4. The third-order valence-electron chi connectivity index (χ3n) is 2.73. The molecule has 1 rings (SSSR count). The predicted octanol–water partition coefficient (Wildman–Crippen LogP) is 2.99. The number of alkyl halides is 3. The van der Waals surface area contributed by atoms with Crippen molar-refractivity contribution in [3.8, 4) is 0 Å². The van der Waals surface area contributed by atoms with Crippen LogP contribution in [0, 0.1) is 11.7 Å². The minimum Gasteiger partial charge on any atom is -0.481 e. The molecule has 7 heteroatoms. The first-order chi connectivity index (χ1) is 8.66. The van der Waals surface area contributed by atoms with Gasteiger partial charge in [0, 0.05) is 0 Å². The van der Waals surface area contributed by atoms with Crippen LogP contribution in [0.3, 0.4) is 0 Å². The van der Waals surface area contributed by atoms with E-state index in [1.165, 1.54) is 6.92 Å². The molecule has 2 unspecified atom stereocenters. The Labute approximate surface area is 106 Å². The van der Waals surface area contributed by atoms with E-state index in [4.69, 9.17) is 5.11 Å². The number of hydrogen-bond acceptors (Lipinski definition) is 2. The first kappa shape index (κ1) is 15.4. The summed E-state index contributed by atoms with van der Waals surface area (Å²) in [6.45, 7) is 1.46. The van der Waals surface area contributed by atoms with E-state index in [1.54, 1.807) is 0 Å². The van der Waals surface area contributed by atoms with E-state index in [0.29, 0.717) is 12.1 Å². The molecule has 0 amide bonds. The number of hydrogen-bond donors (Lipinski definition) is 2. The number of aliphatic carboxylic acids is 1. The Hall–Kier alpha value is -1.63. The molecule has 0 aliphatic carbocycles. The highest BCUT2D eigenvalue weighted by atomic mass is 19.4. The van der Waals surface area contributed by atoms with Gasteiger partial charge in [0.05, 0.1) is 17.6 Å². The Morgan fingerprint density at radius 2 is 1.89 bits per heavy atom. The van der Waals surface area contributed by atoms with Gasteiger partial charge < -0.3 is 10.2 Å². The molecule has 2 atom stereocenters. The zero-order valence-electron chi connectivity index (χ0n) is 9.91. The fourth-order valence-corrected chi connectivity index (χ4v) is 1.71. The van der Waals surface area contributed by atoms with Crippen LogP contribution in [-0.2, 0) is 11.0 Å². The number of aliphatic hydroxyl groups excluding tert-OH is 1. The van der Waals surface area contributed by atoms with Crippen LogP contribution in [0.5, 0.6) is 0 Å². The van der Waals surface area contributed by atoms with Gasteiger partial charge in [0.2, 0.25) is 0 Å². The van der Waals surface area contributed by atoms with Crippen LogP contribution >= 0.6 is 0 Å². The second-order valence-electron chi connectivity index (χ2n) is 4.07. The number of carboxylic acids is 1. The van der Waals surface area contributed by atoms with E-state index >= 15 is 0 Å². The van der Waals surface area contributed by atoms with E-state index in [0.717, 1.165) is 0 Å². The van der Waals surface area contributed by atoms with Crippen molar-refractivity contribution in [2.75, 3.05) is 0 Å². The molecule has 0 saturated heterocycles. The van der Waals surface area contributed by atoms with Gasteiger partial charge in [0.1, 0.15) is 5.82 Å². The molecule has 3 nitrogen and oxygen atoms in total. The molecule has 0 bridgehead atoms. The van der Waals surface area contributed by atoms with E-state index in [9.17, 15) is 27.5 Å². The quantitative estimate of drug-likeness (QED) is 0.834. The third-order valence-corrected chi connectivity index (χ3v) is 2.73. The van der Waals surface area contributed by atoms with Gasteiger partial charge in [-0.2, -0.15) is 13.2 Å². The summed E-state index contributed by atoms with van der Waals surface area (Å²) in [5, 5.41) is 18.6. The first-order valence-electron chi connectivity index (χ1n) is 5.45. The summed E-state index contributed by atoms with van der Waals surface area (Å²) in [7, 11) is 0. The molecule has 1 aromatic rings. The van der Waals surface area contributed by atoms with E-state index in [-0.39, 0.29) is 12.5 Å². The van der Waals surface area contributed by atoms with Gasteiger partial charge in [-0.15, -0.1) is 0 Å². The van der Waals surface area contributed by atoms with Gasteiger partial charge in [0.25, 0.3) is 0 Å². The van der Waals surface area contributed by atoms with Crippen molar-refractivity contribution in [1.29, 1.82) is 0 Å². The molecule has 0 spiro atoms. The summed E-state index contributed by atoms with van der Waals surface area (Å²) in [4.78, 5) is 10.8. The van der Waals surface area contributed by atoms with Crippen LogP contribution in [0.4, 0.5) is 17.6 Å². The largest absolute Gasteiger partial charge is 0.481 e. The molecule has 0 saturated carbocycles. The normalized spacial score (nSPS) is 15.1. The smallest absolute Gasteiger partial charge is 0.416 e. The van der Waals surface area contributed by atoms with Crippen molar-refractivity contribution in [1.82, 2.24) is 0 Å². The van der Waals surface area contributed by atoms with Crippen molar-refractivity contribution in [3.05, 3.63) is 35.1 Å². The maximum Gasteiger partial charge on any atom is 0.416 e. The highest BCUT2D eigenvalue weighted by Gasteiger charge is 2.33. The van der Waals surface area contributed by atoms with Gasteiger partial charge in [-0.1, -0.05) is 6.92 Å². The zero-order valence-corrected chi connectivity index (χ0v) is 9.91. The molecule has 0 radical (unpaired) electrons. The molecule has 0 aliphatic rings. The second kappa shape index (κ2) is 5.56. The first-order valence-corrected chi connectivity index (χ1v) is 5.45. The van der Waals surface area contributed by atoms with Gasteiger partial charge in [-0.05, 0) is 30.2 Å². The van der Waals surface area contributed by atoms with Crippen LogP contribution in [0.15, 0.2) is 18.2 Å². The van der Waals surface area contributed by atoms with Crippen LogP contribution in [-0.4, -0.2) is 16.2 Å².